The third kappa shape index (κ3) is 5.84. The largest absolute Gasteiger partial charge is 0.489 e. The second-order valence-electron chi connectivity index (χ2n) is 7.31. The van der Waals surface area contributed by atoms with E-state index in [-0.39, 0.29) is 18.6 Å². The maximum Gasteiger partial charge on any atom is 0.338 e. The highest BCUT2D eigenvalue weighted by Crippen LogP contribution is 2.23. The Morgan fingerprint density at radius 2 is 1.71 bits per heavy atom. The molecule has 148 valence electrons. The number of carbonyl (C=O) groups excluding carboxylic acids is 2. The predicted octanol–water partition coefficient (Wildman–Crippen LogP) is 4.12. The first-order chi connectivity index (χ1) is 13.6. The van der Waals surface area contributed by atoms with Gasteiger partial charge in [0, 0.05) is 6.04 Å². The number of benzene rings is 2. The summed E-state index contributed by atoms with van der Waals surface area (Å²) in [7, 11) is 0. The minimum Gasteiger partial charge on any atom is -0.489 e. The zero-order valence-corrected chi connectivity index (χ0v) is 16.2. The van der Waals surface area contributed by atoms with E-state index in [1.807, 2.05) is 42.5 Å². The summed E-state index contributed by atoms with van der Waals surface area (Å²) >= 11 is 0. The van der Waals surface area contributed by atoms with E-state index in [1.54, 1.807) is 12.1 Å². The van der Waals surface area contributed by atoms with Crippen LogP contribution < -0.4 is 10.1 Å². The first kappa shape index (κ1) is 19.9. The molecule has 0 aliphatic heterocycles. The molecule has 5 heteroatoms. The van der Waals surface area contributed by atoms with Gasteiger partial charge in [-0.2, -0.15) is 0 Å². The van der Waals surface area contributed by atoms with Gasteiger partial charge in [-0.25, -0.2) is 4.79 Å². The van der Waals surface area contributed by atoms with Crippen LogP contribution in [0.3, 0.4) is 0 Å². The van der Waals surface area contributed by atoms with Crippen molar-refractivity contribution in [3.8, 4) is 5.75 Å². The molecule has 1 aliphatic carbocycles. The highest BCUT2D eigenvalue weighted by molar-refractivity contribution is 5.91. The van der Waals surface area contributed by atoms with Gasteiger partial charge in [-0.1, -0.05) is 50.1 Å². The van der Waals surface area contributed by atoms with Crippen LogP contribution in [-0.4, -0.2) is 24.5 Å². The summed E-state index contributed by atoms with van der Waals surface area (Å²) in [5, 5.41) is 2.98. The normalized spacial score (nSPS) is 18.9. The van der Waals surface area contributed by atoms with Crippen molar-refractivity contribution in [3.05, 3.63) is 65.7 Å². The van der Waals surface area contributed by atoms with Crippen molar-refractivity contribution in [1.82, 2.24) is 5.32 Å². The van der Waals surface area contributed by atoms with Crippen LogP contribution in [0.1, 0.15) is 48.5 Å². The molecule has 0 unspecified atom stereocenters. The Morgan fingerprint density at radius 1 is 1.00 bits per heavy atom. The Balaban J connectivity index is 1.43. The Kier molecular flexibility index (Phi) is 7.06. The monoisotopic (exact) mass is 381 g/mol. The molecule has 28 heavy (non-hydrogen) atoms. The van der Waals surface area contributed by atoms with Gasteiger partial charge >= 0.3 is 5.97 Å². The van der Waals surface area contributed by atoms with Crippen molar-refractivity contribution in [2.45, 2.75) is 45.3 Å². The number of esters is 1. The van der Waals surface area contributed by atoms with E-state index in [4.69, 9.17) is 9.47 Å². The lowest BCUT2D eigenvalue weighted by molar-refractivity contribution is -0.125. The SMILES string of the molecule is C[C@@H]1CCCC[C@H]1NC(=O)COC(=O)c1ccc(COc2ccccc2)cc1. The van der Waals surface area contributed by atoms with E-state index < -0.39 is 5.97 Å². The molecule has 0 spiro atoms. The molecule has 1 amide bonds. The fraction of sp³-hybridized carbons (Fsp3) is 0.391. The number of rotatable bonds is 7. The van der Waals surface area contributed by atoms with Gasteiger partial charge < -0.3 is 14.8 Å². The average molecular weight is 381 g/mol. The van der Waals surface area contributed by atoms with E-state index in [0.29, 0.717) is 18.1 Å². The van der Waals surface area contributed by atoms with Gasteiger partial charge in [0.15, 0.2) is 6.61 Å². The molecule has 1 saturated carbocycles. The van der Waals surface area contributed by atoms with Gasteiger partial charge in [0.1, 0.15) is 12.4 Å². The molecule has 2 aromatic rings. The van der Waals surface area contributed by atoms with Gasteiger partial charge in [0.25, 0.3) is 5.91 Å². The van der Waals surface area contributed by atoms with Gasteiger partial charge in [0.05, 0.1) is 5.56 Å². The summed E-state index contributed by atoms with van der Waals surface area (Å²) < 4.78 is 10.8. The summed E-state index contributed by atoms with van der Waals surface area (Å²) in [4.78, 5) is 24.2. The first-order valence-corrected chi connectivity index (χ1v) is 9.85. The van der Waals surface area contributed by atoms with Crippen LogP contribution in [-0.2, 0) is 16.1 Å². The van der Waals surface area contributed by atoms with Crippen LogP contribution in [0.4, 0.5) is 0 Å². The minimum absolute atomic E-state index is 0.184. The zero-order valence-electron chi connectivity index (χ0n) is 16.2. The number of hydrogen-bond donors (Lipinski definition) is 1. The highest BCUT2D eigenvalue weighted by Gasteiger charge is 2.23. The molecule has 2 atom stereocenters. The highest BCUT2D eigenvalue weighted by atomic mass is 16.5. The molecular formula is C23H27NO4. The zero-order chi connectivity index (χ0) is 19.8. The second kappa shape index (κ2) is 9.93. The molecule has 0 aromatic heterocycles. The predicted molar refractivity (Wildman–Crippen MR) is 107 cm³/mol. The molecule has 0 saturated heterocycles. The topological polar surface area (TPSA) is 64.6 Å². The Hall–Kier alpha value is -2.82. The third-order valence-corrected chi connectivity index (χ3v) is 5.13. The van der Waals surface area contributed by atoms with Crippen LogP contribution in [0.15, 0.2) is 54.6 Å². The van der Waals surface area contributed by atoms with Crippen LogP contribution in [0.25, 0.3) is 0 Å². The molecule has 1 N–H and O–H groups in total. The van der Waals surface area contributed by atoms with Gasteiger partial charge in [-0.3, -0.25) is 4.79 Å². The summed E-state index contributed by atoms with van der Waals surface area (Å²) in [6, 6.07) is 16.8. The number of para-hydroxylation sites is 1. The molecule has 0 bridgehead atoms. The summed E-state index contributed by atoms with van der Waals surface area (Å²) in [6.45, 7) is 2.32. The second-order valence-corrected chi connectivity index (χ2v) is 7.31. The Bertz CT molecular complexity index is 773. The van der Waals surface area contributed by atoms with E-state index in [2.05, 4.69) is 12.2 Å². The van der Waals surface area contributed by atoms with E-state index in [9.17, 15) is 9.59 Å². The van der Waals surface area contributed by atoms with Crippen LogP contribution in [0.2, 0.25) is 0 Å². The molecule has 0 heterocycles. The van der Waals surface area contributed by atoms with Crippen LogP contribution >= 0.6 is 0 Å². The maximum absolute atomic E-state index is 12.2. The third-order valence-electron chi connectivity index (χ3n) is 5.13. The van der Waals surface area contributed by atoms with E-state index in [0.717, 1.165) is 30.6 Å². The van der Waals surface area contributed by atoms with Gasteiger partial charge in [-0.05, 0) is 48.6 Å². The molecular weight excluding hydrogens is 354 g/mol. The van der Waals surface area contributed by atoms with E-state index >= 15 is 0 Å². The lowest BCUT2D eigenvalue weighted by Crippen LogP contribution is -2.42. The van der Waals surface area contributed by atoms with Crippen LogP contribution in [0, 0.1) is 5.92 Å². The van der Waals surface area contributed by atoms with Crippen molar-refractivity contribution >= 4 is 11.9 Å². The van der Waals surface area contributed by atoms with Gasteiger partial charge in [-0.15, -0.1) is 0 Å². The molecule has 1 fully saturated rings. The molecule has 3 rings (SSSR count). The van der Waals surface area contributed by atoms with Crippen LogP contribution in [0.5, 0.6) is 5.75 Å². The van der Waals surface area contributed by atoms with Gasteiger partial charge in [0.2, 0.25) is 0 Å². The molecule has 5 nitrogen and oxygen atoms in total. The molecule has 2 aromatic carbocycles. The summed E-state index contributed by atoms with van der Waals surface area (Å²) in [5.41, 5.74) is 1.37. The van der Waals surface area contributed by atoms with Crippen molar-refractivity contribution in [1.29, 1.82) is 0 Å². The number of ether oxygens (including phenoxy) is 2. The standard InChI is InChI=1S/C23H27NO4/c1-17-7-5-6-10-21(17)24-22(25)16-28-23(26)19-13-11-18(12-14-19)15-27-20-8-3-2-4-9-20/h2-4,8-9,11-14,17,21H,5-7,10,15-16H2,1H3,(H,24,25)/t17-,21-/m1/s1. The lowest BCUT2D eigenvalue weighted by Gasteiger charge is -2.29. The van der Waals surface area contributed by atoms with Crippen molar-refractivity contribution in [2.75, 3.05) is 6.61 Å². The smallest absolute Gasteiger partial charge is 0.338 e. The Morgan fingerprint density at radius 3 is 2.43 bits per heavy atom. The fourth-order valence-corrected chi connectivity index (χ4v) is 3.41. The summed E-state index contributed by atoms with van der Waals surface area (Å²) in [5.74, 6) is 0.533. The average Bonchev–Trinajstić information content (AvgIpc) is 2.73. The van der Waals surface area contributed by atoms with Crippen molar-refractivity contribution in [2.24, 2.45) is 5.92 Å². The fourth-order valence-electron chi connectivity index (χ4n) is 3.41. The van der Waals surface area contributed by atoms with E-state index in [1.165, 1.54) is 6.42 Å². The molecule has 1 aliphatic rings. The number of amides is 1. The Labute approximate surface area is 166 Å². The van der Waals surface area contributed by atoms with Crippen molar-refractivity contribution in [3.63, 3.8) is 0 Å². The first-order valence-electron chi connectivity index (χ1n) is 9.85. The minimum atomic E-state index is -0.498. The number of hydrogen-bond acceptors (Lipinski definition) is 4. The maximum atomic E-state index is 12.2. The summed E-state index contributed by atoms with van der Waals surface area (Å²) in [6.07, 6.45) is 4.47. The molecule has 0 radical (unpaired) electrons. The number of carbonyl (C=O) groups is 2. The quantitative estimate of drug-likeness (QED) is 0.733. The van der Waals surface area contributed by atoms with Crippen molar-refractivity contribution < 1.29 is 19.1 Å². The number of nitrogens with one attached hydrogen (secondary N) is 1. The lowest BCUT2D eigenvalue weighted by atomic mass is 9.86.